The lowest BCUT2D eigenvalue weighted by Crippen LogP contribution is -1.96. The van der Waals surface area contributed by atoms with Gasteiger partial charge in [0.2, 0.25) is 5.95 Å². The SMILES string of the molecule is C=O.CCCSc1ccc2nc(NOC)[nH]c2c1. The highest BCUT2D eigenvalue weighted by molar-refractivity contribution is 7.99. The molecule has 0 aliphatic carbocycles. The second-order valence-corrected chi connectivity index (χ2v) is 4.59. The molecule has 98 valence electrons. The van der Waals surface area contributed by atoms with Crippen molar-refractivity contribution in [2.24, 2.45) is 0 Å². The van der Waals surface area contributed by atoms with Gasteiger partial charge < -0.3 is 9.78 Å². The lowest BCUT2D eigenvalue weighted by Gasteiger charge is -1.98. The molecule has 0 unspecified atom stereocenters. The number of H-pyrrole nitrogens is 1. The molecule has 1 heterocycles. The Morgan fingerprint density at radius 3 is 2.94 bits per heavy atom. The number of nitrogens with zero attached hydrogens (tertiary/aromatic N) is 1. The molecule has 0 amide bonds. The van der Waals surface area contributed by atoms with Crippen molar-refractivity contribution in [3.8, 4) is 0 Å². The maximum absolute atomic E-state index is 8.00. The third-order valence-electron chi connectivity index (χ3n) is 2.12. The first-order valence-electron chi connectivity index (χ1n) is 5.54. The fraction of sp³-hybridized carbons (Fsp3) is 0.333. The summed E-state index contributed by atoms with van der Waals surface area (Å²) < 4.78 is 0. The van der Waals surface area contributed by atoms with Gasteiger partial charge in [0.25, 0.3) is 0 Å². The molecule has 1 aromatic heterocycles. The number of carbonyl (C=O) groups excluding carboxylic acids is 1. The molecule has 0 bridgehead atoms. The zero-order valence-electron chi connectivity index (χ0n) is 10.5. The highest BCUT2D eigenvalue weighted by Gasteiger charge is 2.03. The number of thioether (sulfide) groups is 1. The molecular formula is C12H17N3O2S. The van der Waals surface area contributed by atoms with Crippen molar-refractivity contribution in [3.05, 3.63) is 18.2 Å². The Bertz CT molecular complexity index is 487. The average Bonchev–Trinajstić information content (AvgIpc) is 2.80. The van der Waals surface area contributed by atoms with Crippen molar-refractivity contribution in [1.29, 1.82) is 0 Å². The van der Waals surface area contributed by atoms with E-state index in [4.69, 9.17) is 9.63 Å². The van der Waals surface area contributed by atoms with Gasteiger partial charge in [0.15, 0.2) is 0 Å². The lowest BCUT2D eigenvalue weighted by atomic mass is 10.3. The number of imidazole rings is 1. The number of aromatic amines is 1. The summed E-state index contributed by atoms with van der Waals surface area (Å²) in [5, 5.41) is 0. The number of rotatable bonds is 5. The van der Waals surface area contributed by atoms with Crippen LogP contribution in [0.15, 0.2) is 23.1 Å². The van der Waals surface area contributed by atoms with E-state index in [2.05, 4.69) is 34.5 Å². The van der Waals surface area contributed by atoms with E-state index in [1.165, 1.54) is 11.3 Å². The first-order valence-corrected chi connectivity index (χ1v) is 6.52. The van der Waals surface area contributed by atoms with E-state index in [0.29, 0.717) is 5.95 Å². The molecule has 5 nitrogen and oxygen atoms in total. The zero-order chi connectivity index (χ0) is 13.4. The maximum atomic E-state index is 8.00. The van der Waals surface area contributed by atoms with Crippen LogP contribution in [0.4, 0.5) is 5.95 Å². The van der Waals surface area contributed by atoms with Crippen molar-refractivity contribution in [1.82, 2.24) is 9.97 Å². The number of aromatic nitrogens is 2. The first kappa shape index (κ1) is 14.5. The van der Waals surface area contributed by atoms with Gasteiger partial charge in [-0.2, -0.15) is 0 Å². The summed E-state index contributed by atoms with van der Waals surface area (Å²) in [5.74, 6) is 1.78. The Morgan fingerprint density at radius 1 is 1.50 bits per heavy atom. The molecule has 0 saturated carbocycles. The summed E-state index contributed by atoms with van der Waals surface area (Å²) in [6, 6.07) is 6.23. The highest BCUT2D eigenvalue weighted by atomic mass is 32.2. The molecule has 2 aromatic rings. The molecule has 0 aliphatic heterocycles. The molecule has 6 heteroatoms. The van der Waals surface area contributed by atoms with Gasteiger partial charge in [0.05, 0.1) is 18.1 Å². The zero-order valence-corrected chi connectivity index (χ0v) is 11.3. The summed E-state index contributed by atoms with van der Waals surface area (Å²) >= 11 is 1.86. The van der Waals surface area contributed by atoms with Gasteiger partial charge in [-0.05, 0) is 30.4 Å². The van der Waals surface area contributed by atoms with Crippen LogP contribution in [0.5, 0.6) is 0 Å². The Balaban J connectivity index is 0.000000771. The van der Waals surface area contributed by atoms with Crippen molar-refractivity contribution in [3.63, 3.8) is 0 Å². The van der Waals surface area contributed by atoms with Gasteiger partial charge in [0.1, 0.15) is 6.79 Å². The van der Waals surface area contributed by atoms with Crippen molar-refractivity contribution < 1.29 is 9.63 Å². The molecule has 0 radical (unpaired) electrons. The van der Waals surface area contributed by atoms with Gasteiger partial charge in [-0.25, -0.2) is 10.5 Å². The van der Waals surface area contributed by atoms with Crippen LogP contribution in [0.1, 0.15) is 13.3 Å². The minimum absolute atomic E-state index is 0.634. The number of hydrogen-bond acceptors (Lipinski definition) is 5. The Labute approximate surface area is 110 Å². The van der Waals surface area contributed by atoms with Gasteiger partial charge in [0, 0.05) is 4.90 Å². The Kier molecular flexibility index (Phi) is 6.24. The van der Waals surface area contributed by atoms with E-state index < -0.39 is 0 Å². The minimum atomic E-state index is 0.634. The van der Waals surface area contributed by atoms with Crippen LogP contribution in [-0.2, 0) is 9.63 Å². The monoisotopic (exact) mass is 267 g/mol. The largest absolute Gasteiger partial charge is 0.322 e. The normalized spacial score (nSPS) is 9.89. The molecule has 0 atom stereocenters. The van der Waals surface area contributed by atoms with Crippen LogP contribution < -0.4 is 5.48 Å². The standard InChI is InChI=1S/C11H15N3OS.CH2O/c1-3-6-16-8-4-5-9-10(7-8)13-11(12-9)14-15-2;1-2/h4-5,7H,3,6H2,1-2H3,(H2,12,13,14);1H2. The molecule has 0 aliphatic rings. The van der Waals surface area contributed by atoms with Crippen LogP contribution in [-0.4, -0.2) is 29.6 Å². The van der Waals surface area contributed by atoms with E-state index in [9.17, 15) is 0 Å². The number of benzene rings is 1. The summed E-state index contributed by atoms with van der Waals surface area (Å²) in [7, 11) is 1.57. The third kappa shape index (κ3) is 3.75. The molecule has 1 aromatic carbocycles. The van der Waals surface area contributed by atoms with Crippen LogP contribution >= 0.6 is 11.8 Å². The molecule has 2 N–H and O–H groups in total. The Morgan fingerprint density at radius 2 is 2.28 bits per heavy atom. The summed E-state index contributed by atoms with van der Waals surface area (Å²) in [6.07, 6.45) is 1.18. The third-order valence-corrected chi connectivity index (χ3v) is 3.32. The first-order chi connectivity index (χ1) is 8.83. The summed E-state index contributed by atoms with van der Waals surface area (Å²) in [5.41, 5.74) is 4.66. The van der Waals surface area contributed by atoms with E-state index in [-0.39, 0.29) is 0 Å². The fourth-order valence-electron chi connectivity index (χ4n) is 1.44. The van der Waals surface area contributed by atoms with E-state index in [1.807, 2.05) is 24.6 Å². The summed E-state index contributed by atoms with van der Waals surface area (Å²) in [4.78, 5) is 21.5. The molecule has 18 heavy (non-hydrogen) atoms. The second-order valence-electron chi connectivity index (χ2n) is 3.42. The number of hydrogen-bond donors (Lipinski definition) is 2. The molecular weight excluding hydrogens is 250 g/mol. The van der Waals surface area contributed by atoms with Crippen LogP contribution in [0.3, 0.4) is 0 Å². The predicted octanol–water partition coefficient (Wildman–Crippen LogP) is 2.85. The topological polar surface area (TPSA) is 67.0 Å². The second kappa shape index (κ2) is 7.73. The van der Waals surface area contributed by atoms with Gasteiger partial charge in [-0.1, -0.05) is 6.92 Å². The van der Waals surface area contributed by atoms with Crippen molar-refractivity contribution in [2.45, 2.75) is 18.2 Å². The Hall–Kier alpha value is -1.53. The number of anilines is 1. The maximum Gasteiger partial charge on any atom is 0.225 e. The lowest BCUT2D eigenvalue weighted by molar-refractivity contribution is -0.0979. The van der Waals surface area contributed by atoms with Crippen LogP contribution in [0.2, 0.25) is 0 Å². The van der Waals surface area contributed by atoms with Crippen LogP contribution in [0.25, 0.3) is 11.0 Å². The fourth-order valence-corrected chi connectivity index (χ4v) is 2.25. The molecule has 0 spiro atoms. The van der Waals surface area contributed by atoms with Crippen molar-refractivity contribution in [2.75, 3.05) is 18.3 Å². The van der Waals surface area contributed by atoms with Crippen LogP contribution in [0, 0.1) is 0 Å². The van der Waals surface area contributed by atoms with E-state index >= 15 is 0 Å². The average molecular weight is 267 g/mol. The number of nitrogens with one attached hydrogen (secondary N) is 2. The molecule has 0 fully saturated rings. The minimum Gasteiger partial charge on any atom is -0.322 e. The quantitative estimate of drug-likeness (QED) is 0.644. The smallest absolute Gasteiger partial charge is 0.225 e. The van der Waals surface area contributed by atoms with Gasteiger partial charge in [-0.15, -0.1) is 11.8 Å². The van der Waals surface area contributed by atoms with Crippen molar-refractivity contribution >= 4 is 35.5 Å². The van der Waals surface area contributed by atoms with E-state index in [1.54, 1.807) is 7.11 Å². The molecule has 2 rings (SSSR count). The number of fused-ring (bicyclic) bond motifs is 1. The summed E-state index contributed by atoms with van der Waals surface area (Å²) in [6.45, 7) is 4.18. The van der Waals surface area contributed by atoms with Gasteiger partial charge >= 0.3 is 0 Å². The van der Waals surface area contributed by atoms with E-state index in [0.717, 1.165) is 16.8 Å². The molecule has 0 saturated heterocycles. The highest BCUT2D eigenvalue weighted by Crippen LogP contribution is 2.23. The number of carbonyl (C=O) groups is 1. The predicted molar refractivity (Wildman–Crippen MR) is 74.9 cm³/mol. The van der Waals surface area contributed by atoms with Gasteiger partial charge in [-0.3, -0.25) is 4.84 Å².